The van der Waals surface area contributed by atoms with Crippen molar-refractivity contribution >= 4 is 0 Å². The molecule has 0 amide bonds. The van der Waals surface area contributed by atoms with Gasteiger partial charge in [-0.05, 0) is 62.8 Å². The summed E-state index contributed by atoms with van der Waals surface area (Å²) in [6.45, 7) is 3.35. The molecule has 0 fully saturated rings. The number of rotatable bonds is 2. The van der Waals surface area contributed by atoms with Gasteiger partial charge in [0.25, 0.3) is 0 Å². The Balaban J connectivity index is 2.97. The molecule has 0 aromatic rings. The van der Waals surface area contributed by atoms with Crippen LogP contribution in [0.15, 0.2) is 34.8 Å². The van der Waals surface area contributed by atoms with Crippen LogP contribution in [0.3, 0.4) is 0 Å². The van der Waals surface area contributed by atoms with Gasteiger partial charge in [0, 0.05) is 0 Å². The van der Waals surface area contributed by atoms with E-state index in [1.807, 2.05) is 0 Å². The molecular weight excluding hydrogens is 176 g/mol. The predicted octanol–water partition coefficient (Wildman–Crippen LogP) is 3.78. The zero-order valence-electron chi connectivity index (χ0n) is 8.88. The molecule has 14 heavy (non-hydrogen) atoms. The van der Waals surface area contributed by atoms with Crippen molar-refractivity contribution < 1.29 is 10.2 Å². The standard InChI is InChI=1S/C12H18O2/c1-9(13)7-11-5-3-4-6-12(11)8-10(2)14/h7-8,13-14H,3-6H2,1-2H3/b9-7-,10-8-. The maximum atomic E-state index is 9.20. The van der Waals surface area contributed by atoms with Gasteiger partial charge in [-0.1, -0.05) is 0 Å². The monoisotopic (exact) mass is 194 g/mol. The summed E-state index contributed by atoms with van der Waals surface area (Å²) in [5.74, 6) is 0.673. The summed E-state index contributed by atoms with van der Waals surface area (Å²) >= 11 is 0. The summed E-state index contributed by atoms with van der Waals surface area (Å²) < 4.78 is 0. The quantitative estimate of drug-likeness (QED) is 0.657. The first kappa shape index (κ1) is 10.9. The molecule has 0 aliphatic heterocycles. The largest absolute Gasteiger partial charge is 0.513 e. The first-order valence-corrected chi connectivity index (χ1v) is 5.06. The molecule has 0 aromatic carbocycles. The van der Waals surface area contributed by atoms with E-state index in [1.165, 1.54) is 12.8 Å². The van der Waals surface area contributed by atoms with Crippen molar-refractivity contribution in [1.29, 1.82) is 0 Å². The molecular formula is C12H18O2. The lowest BCUT2D eigenvalue weighted by atomic mass is 9.91. The van der Waals surface area contributed by atoms with Crippen LogP contribution in [0.2, 0.25) is 0 Å². The zero-order chi connectivity index (χ0) is 10.6. The van der Waals surface area contributed by atoms with E-state index in [4.69, 9.17) is 0 Å². The number of allylic oxidation sites excluding steroid dienone is 6. The molecule has 2 heteroatoms. The summed E-state index contributed by atoms with van der Waals surface area (Å²) in [7, 11) is 0. The molecule has 0 heterocycles. The third kappa shape index (κ3) is 3.29. The third-order valence-electron chi connectivity index (χ3n) is 2.32. The normalized spacial score (nSPS) is 20.1. The maximum Gasteiger partial charge on any atom is 0.0894 e. The topological polar surface area (TPSA) is 40.5 Å². The lowest BCUT2D eigenvalue weighted by Gasteiger charge is -2.15. The van der Waals surface area contributed by atoms with Crippen LogP contribution in [0.1, 0.15) is 39.5 Å². The molecule has 0 unspecified atom stereocenters. The van der Waals surface area contributed by atoms with Crippen molar-refractivity contribution in [2.24, 2.45) is 0 Å². The smallest absolute Gasteiger partial charge is 0.0894 e. The molecule has 0 spiro atoms. The van der Waals surface area contributed by atoms with E-state index < -0.39 is 0 Å². The van der Waals surface area contributed by atoms with Crippen LogP contribution in [0.5, 0.6) is 0 Å². The lowest BCUT2D eigenvalue weighted by molar-refractivity contribution is 0.411. The molecule has 0 saturated carbocycles. The van der Waals surface area contributed by atoms with Gasteiger partial charge in [-0.15, -0.1) is 0 Å². The molecule has 78 valence electrons. The Hall–Kier alpha value is -1.18. The van der Waals surface area contributed by atoms with E-state index >= 15 is 0 Å². The molecule has 0 radical (unpaired) electrons. The van der Waals surface area contributed by atoms with Gasteiger partial charge in [0.2, 0.25) is 0 Å². The van der Waals surface area contributed by atoms with Gasteiger partial charge in [-0.25, -0.2) is 0 Å². The molecule has 2 N–H and O–H groups in total. The Bertz CT molecular complexity index is 257. The van der Waals surface area contributed by atoms with E-state index in [0.29, 0.717) is 11.5 Å². The number of aliphatic hydroxyl groups excluding tert-OH is 2. The predicted molar refractivity (Wildman–Crippen MR) is 58.3 cm³/mol. The van der Waals surface area contributed by atoms with Gasteiger partial charge in [0.1, 0.15) is 0 Å². The Morgan fingerprint density at radius 3 is 1.57 bits per heavy atom. The second-order valence-electron chi connectivity index (χ2n) is 3.83. The van der Waals surface area contributed by atoms with Crippen LogP contribution in [-0.2, 0) is 0 Å². The van der Waals surface area contributed by atoms with Gasteiger partial charge in [0.15, 0.2) is 0 Å². The van der Waals surface area contributed by atoms with Crippen molar-refractivity contribution in [3.05, 3.63) is 34.8 Å². The van der Waals surface area contributed by atoms with Crippen LogP contribution >= 0.6 is 0 Å². The summed E-state index contributed by atoms with van der Waals surface area (Å²) in [6.07, 6.45) is 7.93. The molecule has 1 rings (SSSR count). The molecule has 1 aliphatic rings. The van der Waals surface area contributed by atoms with Gasteiger partial charge in [-0.3, -0.25) is 0 Å². The van der Waals surface area contributed by atoms with Crippen LogP contribution < -0.4 is 0 Å². The van der Waals surface area contributed by atoms with Crippen LogP contribution in [0.4, 0.5) is 0 Å². The fourth-order valence-corrected chi connectivity index (χ4v) is 1.79. The SMILES string of the molecule is C/C(O)=C/C1=C(/C=C(/C)O)CCCC1. The third-order valence-corrected chi connectivity index (χ3v) is 2.32. The number of hydrogen-bond acceptors (Lipinski definition) is 2. The average molecular weight is 194 g/mol. The first-order chi connectivity index (χ1) is 6.59. The maximum absolute atomic E-state index is 9.20. The van der Waals surface area contributed by atoms with Crippen molar-refractivity contribution in [2.75, 3.05) is 0 Å². The fourth-order valence-electron chi connectivity index (χ4n) is 1.79. The molecule has 2 nitrogen and oxygen atoms in total. The minimum atomic E-state index is 0.336. The summed E-state index contributed by atoms with van der Waals surface area (Å²) in [4.78, 5) is 0. The Kier molecular flexibility index (Phi) is 3.81. The molecule has 0 saturated heterocycles. The van der Waals surface area contributed by atoms with Crippen molar-refractivity contribution in [3.63, 3.8) is 0 Å². The van der Waals surface area contributed by atoms with E-state index in [2.05, 4.69) is 0 Å². The van der Waals surface area contributed by atoms with Crippen molar-refractivity contribution in [1.82, 2.24) is 0 Å². The second kappa shape index (κ2) is 4.89. The number of aliphatic hydroxyl groups is 2. The summed E-state index contributed by atoms with van der Waals surface area (Å²) in [6, 6.07) is 0. The van der Waals surface area contributed by atoms with Gasteiger partial charge in [0.05, 0.1) is 11.5 Å². The van der Waals surface area contributed by atoms with Crippen LogP contribution in [-0.4, -0.2) is 10.2 Å². The molecule has 0 atom stereocenters. The minimum absolute atomic E-state index is 0.336. The van der Waals surface area contributed by atoms with Crippen molar-refractivity contribution in [3.8, 4) is 0 Å². The molecule has 0 bridgehead atoms. The van der Waals surface area contributed by atoms with Gasteiger partial charge >= 0.3 is 0 Å². The van der Waals surface area contributed by atoms with Crippen LogP contribution in [0.25, 0.3) is 0 Å². The summed E-state index contributed by atoms with van der Waals surface area (Å²) in [5.41, 5.74) is 2.31. The van der Waals surface area contributed by atoms with Crippen LogP contribution in [0, 0.1) is 0 Å². The highest BCUT2D eigenvalue weighted by molar-refractivity contribution is 5.35. The van der Waals surface area contributed by atoms with Crippen molar-refractivity contribution in [2.45, 2.75) is 39.5 Å². The van der Waals surface area contributed by atoms with E-state index in [1.54, 1.807) is 26.0 Å². The molecule has 0 aromatic heterocycles. The van der Waals surface area contributed by atoms with E-state index in [9.17, 15) is 10.2 Å². The molecule has 1 aliphatic carbocycles. The Labute approximate surface area is 85.3 Å². The Morgan fingerprint density at radius 2 is 1.29 bits per heavy atom. The van der Waals surface area contributed by atoms with E-state index in [0.717, 1.165) is 24.0 Å². The lowest BCUT2D eigenvalue weighted by Crippen LogP contribution is -1.97. The minimum Gasteiger partial charge on any atom is -0.513 e. The average Bonchev–Trinajstić information content (AvgIpc) is 2.06. The highest BCUT2D eigenvalue weighted by Gasteiger charge is 2.09. The van der Waals surface area contributed by atoms with E-state index in [-0.39, 0.29) is 0 Å². The first-order valence-electron chi connectivity index (χ1n) is 5.06. The zero-order valence-corrected chi connectivity index (χ0v) is 8.88. The van der Waals surface area contributed by atoms with Gasteiger partial charge in [-0.2, -0.15) is 0 Å². The Morgan fingerprint density at radius 1 is 0.929 bits per heavy atom. The summed E-state index contributed by atoms with van der Waals surface area (Å²) in [5, 5.41) is 18.4. The number of hydrogen-bond donors (Lipinski definition) is 2. The fraction of sp³-hybridized carbons (Fsp3) is 0.500. The van der Waals surface area contributed by atoms with Gasteiger partial charge < -0.3 is 10.2 Å². The second-order valence-corrected chi connectivity index (χ2v) is 3.83. The highest BCUT2D eigenvalue weighted by atomic mass is 16.3. The highest BCUT2D eigenvalue weighted by Crippen LogP contribution is 2.27.